The lowest BCUT2D eigenvalue weighted by molar-refractivity contribution is -0.113. The van der Waals surface area contributed by atoms with Gasteiger partial charge in [0.15, 0.2) is 0 Å². The van der Waals surface area contributed by atoms with E-state index in [2.05, 4.69) is 5.32 Å². The average molecular weight is 292 g/mol. The monoisotopic (exact) mass is 292 g/mol. The lowest BCUT2D eigenvalue weighted by atomic mass is 10.1. The first kappa shape index (κ1) is 13.5. The van der Waals surface area contributed by atoms with Crippen LogP contribution < -0.4 is 5.32 Å². The van der Waals surface area contributed by atoms with E-state index in [1.807, 2.05) is 6.07 Å². The Bertz CT molecular complexity index is 561. The molecule has 2 aliphatic heterocycles. The molecule has 1 aromatic rings. The summed E-state index contributed by atoms with van der Waals surface area (Å²) in [6.45, 7) is 0.686. The van der Waals surface area contributed by atoms with Crippen LogP contribution in [0, 0.1) is 0 Å². The minimum absolute atomic E-state index is 0.00324. The second kappa shape index (κ2) is 5.46. The number of anilines is 1. The summed E-state index contributed by atoms with van der Waals surface area (Å²) in [6, 6.07) is 5.31. The van der Waals surface area contributed by atoms with Crippen LogP contribution in [0.2, 0.25) is 0 Å². The molecule has 6 heteroatoms. The smallest absolute Gasteiger partial charge is 0.254 e. The number of carbonyl (C=O) groups is 2. The number of hydrogen-bond donors (Lipinski definition) is 2. The summed E-state index contributed by atoms with van der Waals surface area (Å²) >= 11 is 1.48. The zero-order valence-corrected chi connectivity index (χ0v) is 11.8. The van der Waals surface area contributed by atoms with Crippen LogP contribution in [0.15, 0.2) is 23.1 Å². The van der Waals surface area contributed by atoms with Crippen LogP contribution in [0.25, 0.3) is 0 Å². The van der Waals surface area contributed by atoms with Crippen molar-refractivity contribution in [1.29, 1.82) is 0 Å². The number of benzene rings is 1. The Labute approximate surface area is 121 Å². The van der Waals surface area contributed by atoms with Gasteiger partial charge in [0.25, 0.3) is 5.91 Å². The molecule has 5 nitrogen and oxygen atoms in total. The molecule has 2 heterocycles. The third kappa shape index (κ3) is 2.41. The molecule has 1 fully saturated rings. The topological polar surface area (TPSA) is 69.6 Å². The quantitative estimate of drug-likeness (QED) is 0.863. The van der Waals surface area contributed by atoms with Crippen LogP contribution in [-0.2, 0) is 4.79 Å². The van der Waals surface area contributed by atoms with Crippen LogP contribution >= 0.6 is 11.8 Å². The number of aliphatic hydroxyl groups excluding tert-OH is 1. The fraction of sp³-hybridized carbons (Fsp3) is 0.429. The molecular weight excluding hydrogens is 276 g/mol. The summed E-state index contributed by atoms with van der Waals surface area (Å²) in [5, 5.41) is 12.1. The Morgan fingerprint density at radius 1 is 1.50 bits per heavy atom. The minimum Gasteiger partial charge on any atom is -0.394 e. The van der Waals surface area contributed by atoms with Crippen LogP contribution in [0.5, 0.6) is 0 Å². The predicted octanol–water partition coefficient (Wildman–Crippen LogP) is 1.33. The number of hydrogen-bond acceptors (Lipinski definition) is 4. The third-order valence-corrected chi connectivity index (χ3v) is 4.78. The van der Waals surface area contributed by atoms with Crippen molar-refractivity contribution in [3.63, 3.8) is 0 Å². The highest BCUT2D eigenvalue weighted by Gasteiger charge is 2.29. The van der Waals surface area contributed by atoms with Crippen LogP contribution in [0.1, 0.15) is 23.2 Å². The largest absolute Gasteiger partial charge is 0.394 e. The maximum absolute atomic E-state index is 12.5. The normalized spacial score (nSPS) is 21.6. The number of amides is 2. The van der Waals surface area contributed by atoms with Gasteiger partial charge in [0, 0.05) is 17.0 Å². The molecule has 0 spiro atoms. The summed E-state index contributed by atoms with van der Waals surface area (Å²) in [5.41, 5.74) is 1.27. The number of likely N-dealkylation sites (tertiary alicyclic amines) is 1. The first-order valence-corrected chi connectivity index (χ1v) is 7.66. The van der Waals surface area contributed by atoms with Crippen LogP contribution in [-0.4, -0.2) is 46.8 Å². The van der Waals surface area contributed by atoms with E-state index in [0.717, 1.165) is 17.7 Å². The molecule has 0 aliphatic carbocycles. The van der Waals surface area contributed by atoms with Crippen molar-refractivity contribution in [2.75, 3.05) is 24.2 Å². The number of carbonyl (C=O) groups excluding carboxylic acids is 2. The standard InChI is InChI=1S/C14H16N2O3S/c17-7-10-2-1-5-16(10)14(19)9-3-4-12-11(6-9)15-13(18)8-20-12/h3-4,6,10,17H,1-2,5,7-8H2,(H,15,18)/t10-/m1/s1. The molecule has 0 saturated carbocycles. The second-order valence-corrected chi connectivity index (χ2v) is 6.04. The molecule has 1 aromatic carbocycles. The zero-order chi connectivity index (χ0) is 14.1. The number of fused-ring (bicyclic) bond motifs is 1. The van der Waals surface area contributed by atoms with E-state index in [-0.39, 0.29) is 24.5 Å². The minimum atomic E-state index is -0.0810. The molecule has 0 radical (unpaired) electrons. The Hall–Kier alpha value is -1.53. The molecule has 2 N–H and O–H groups in total. The van der Waals surface area contributed by atoms with Gasteiger partial charge in [-0.1, -0.05) is 0 Å². The van der Waals surface area contributed by atoms with Crippen LogP contribution in [0.3, 0.4) is 0 Å². The van der Waals surface area contributed by atoms with Crippen molar-refractivity contribution in [3.05, 3.63) is 23.8 Å². The third-order valence-electron chi connectivity index (χ3n) is 3.71. The van der Waals surface area contributed by atoms with Crippen molar-refractivity contribution >= 4 is 29.3 Å². The highest BCUT2D eigenvalue weighted by Crippen LogP contribution is 2.32. The molecule has 20 heavy (non-hydrogen) atoms. The first-order chi connectivity index (χ1) is 9.69. The summed E-state index contributed by atoms with van der Waals surface area (Å²) in [6.07, 6.45) is 1.77. The van der Waals surface area contributed by atoms with Gasteiger partial charge < -0.3 is 15.3 Å². The van der Waals surface area contributed by atoms with Gasteiger partial charge in [-0.05, 0) is 31.0 Å². The highest BCUT2D eigenvalue weighted by molar-refractivity contribution is 8.00. The van der Waals surface area contributed by atoms with Crippen molar-refractivity contribution in [3.8, 4) is 0 Å². The number of thioether (sulfide) groups is 1. The van der Waals surface area contributed by atoms with Gasteiger partial charge in [-0.15, -0.1) is 11.8 Å². The molecule has 1 saturated heterocycles. The van der Waals surface area contributed by atoms with Gasteiger partial charge >= 0.3 is 0 Å². The zero-order valence-electron chi connectivity index (χ0n) is 11.0. The maximum Gasteiger partial charge on any atom is 0.254 e. The fourth-order valence-corrected chi connectivity index (χ4v) is 3.46. The molecule has 0 bridgehead atoms. The first-order valence-electron chi connectivity index (χ1n) is 6.67. The lowest BCUT2D eigenvalue weighted by Gasteiger charge is -2.24. The second-order valence-electron chi connectivity index (χ2n) is 5.02. The lowest BCUT2D eigenvalue weighted by Crippen LogP contribution is -2.37. The fourth-order valence-electron chi connectivity index (χ4n) is 2.67. The Morgan fingerprint density at radius 2 is 2.35 bits per heavy atom. The average Bonchev–Trinajstić information content (AvgIpc) is 2.94. The Morgan fingerprint density at radius 3 is 3.15 bits per heavy atom. The SMILES string of the molecule is O=C1CSc2ccc(C(=O)N3CCC[C@@H]3CO)cc2N1. The van der Waals surface area contributed by atoms with Crippen molar-refractivity contribution in [2.45, 2.75) is 23.8 Å². The number of aliphatic hydroxyl groups is 1. The predicted molar refractivity (Wildman–Crippen MR) is 76.9 cm³/mol. The number of nitrogens with zero attached hydrogens (tertiary/aromatic N) is 1. The highest BCUT2D eigenvalue weighted by atomic mass is 32.2. The van der Waals surface area contributed by atoms with E-state index in [9.17, 15) is 14.7 Å². The summed E-state index contributed by atoms with van der Waals surface area (Å²) < 4.78 is 0. The molecular formula is C14H16N2O3S. The van der Waals surface area contributed by atoms with Crippen LogP contribution in [0.4, 0.5) is 5.69 Å². The van der Waals surface area contributed by atoms with Gasteiger partial charge in [-0.3, -0.25) is 9.59 Å². The van der Waals surface area contributed by atoms with E-state index in [1.165, 1.54) is 11.8 Å². The molecule has 2 aliphatic rings. The summed E-state index contributed by atoms with van der Waals surface area (Å²) in [5.74, 6) is 0.301. The molecule has 2 amide bonds. The van der Waals surface area contributed by atoms with E-state index in [1.54, 1.807) is 17.0 Å². The molecule has 0 unspecified atom stereocenters. The summed E-state index contributed by atoms with van der Waals surface area (Å²) in [7, 11) is 0. The van der Waals surface area contributed by atoms with E-state index in [4.69, 9.17) is 0 Å². The maximum atomic E-state index is 12.5. The number of rotatable bonds is 2. The molecule has 0 aromatic heterocycles. The van der Waals surface area contributed by atoms with Gasteiger partial charge in [0.1, 0.15) is 0 Å². The Kier molecular flexibility index (Phi) is 3.67. The number of nitrogens with one attached hydrogen (secondary N) is 1. The Balaban J connectivity index is 1.85. The van der Waals surface area contributed by atoms with E-state index >= 15 is 0 Å². The van der Waals surface area contributed by atoms with Gasteiger partial charge in [0.05, 0.1) is 24.1 Å². The van der Waals surface area contributed by atoms with Gasteiger partial charge in [0.2, 0.25) is 5.91 Å². The van der Waals surface area contributed by atoms with Gasteiger partial charge in [-0.25, -0.2) is 0 Å². The van der Waals surface area contributed by atoms with Gasteiger partial charge in [-0.2, -0.15) is 0 Å². The molecule has 1 atom stereocenters. The molecule has 3 rings (SSSR count). The van der Waals surface area contributed by atoms with E-state index in [0.29, 0.717) is 23.5 Å². The van der Waals surface area contributed by atoms with E-state index < -0.39 is 0 Å². The van der Waals surface area contributed by atoms with Crippen molar-refractivity contribution < 1.29 is 14.7 Å². The summed E-state index contributed by atoms with van der Waals surface area (Å²) in [4.78, 5) is 26.6. The van der Waals surface area contributed by atoms with Crippen molar-refractivity contribution in [1.82, 2.24) is 4.90 Å². The molecule has 106 valence electrons. The van der Waals surface area contributed by atoms with Crippen molar-refractivity contribution in [2.24, 2.45) is 0 Å².